The fraction of sp³-hybridized carbons (Fsp3) is 0.545. The average Bonchev–Trinajstić information content (AvgIpc) is 3.64. The SMILES string of the molecule is CSC(Cc1cc(F)c(Oc2ccnc3c2c(Cl)cn3COCC[Si](C)(C)C)c(F)c1)=NCC1(CCC(=O)OC(C)(C)C)CC1. The standard InChI is InChI=1S/C33H44ClF2N3O4SSi/c1-32(2,3)43-28(40)8-10-33(11-12-33)20-38-27(44-4)18-22-16-24(35)30(25(36)17-22)42-26-9-13-37-31-29(26)23(34)19-39(31)21-41-14-15-45(5,6)7/h9,13,16-17,19H,8,10-12,14-15,18,20-21H2,1-7H3. The molecule has 2 aromatic heterocycles. The van der Waals surface area contributed by atoms with Crippen LogP contribution in [-0.2, 0) is 27.4 Å². The Morgan fingerprint density at radius 1 is 1.20 bits per heavy atom. The van der Waals surface area contributed by atoms with Crippen molar-refractivity contribution in [2.24, 2.45) is 10.4 Å². The van der Waals surface area contributed by atoms with Crippen LogP contribution < -0.4 is 4.74 Å². The summed E-state index contributed by atoms with van der Waals surface area (Å²) >= 11 is 7.97. The quantitative estimate of drug-likeness (QED) is 0.0556. The molecule has 0 saturated heterocycles. The zero-order chi connectivity index (χ0) is 33.0. The summed E-state index contributed by atoms with van der Waals surface area (Å²) in [5, 5.41) is 1.56. The first-order chi connectivity index (χ1) is 21.1. The molecule has 1 aliphatic rings. The maximum absolute atomic E-state index is 15.3. The Bertz CT molecular complexity index is 1520. The minimum absolute atomic E-state index is 0.0116. The first-order valence-electron chi connectivity index (χ1n) is 15.2. The summed E-state index contributed by atoms with van der Waals surface area (Å²) in [6.45, 7) is 13.9. The van der Waals surface area contributed by atoms with Crippen LogP contribution in [0.4, 0.5) is 8.78 Å². The monoisotopic (exact) mass is 679 g/mol. The summed E-state index contributed by atoms with van der Waals surface area (Å²) in [5.41, 5.74) is 0.434. The number of pyridine rings is 1. The predicted octanol–water partition coefficient (Wildman–Crippen LogP) is 9.28. The molecule has 0 radical (unpaired) electrons. The summed E-state index contributed by atoms with van der Waals surface area (Å²) < 4.78 is 49.5. The summed E-state index contributed by atoms with van der Waals surface area (Å²) in [7, 11) is -1.23. The molecule has 1 aromatic carbocycles. The first kappa shape index (κ1) is 35.4. The van der Waals surface area contributed by atoms with Gasteiger partial charge in [-0.25, -0.2) is 13.8 Å². The van der Waals surface area contributed by atoms with Gasteiger partial charge in [0.05, 0.1) is 15.5 Å². The van der Waals surface area contributed by atoms with E-state index in [2.05, 4.69) is 24.6 Å². The van der Waals surface area contributed by atoms with Crippen molar-refractivity contribution in [1.29, 1.82) is 0 Å². The van der Waals surface area contributed by atoms with E-state index in [4.69, 9.17) is 30.8 Å². The third-order valence-corrected chi connectivity index (χ3v) is 10.3. The summed E-state index contributed by atoms with van der Waals surface area (Å²) in [4.78, 5) is 21.4. The lowest BCUT2D eigenvalue weighted by Gasteiger charge is -2.20. The smallest absolute Gasteiger partial charge is 0.306 e. The number of hydrogen-bond donors (Lipinski definition) is 0. The zero-order valence-corrected chi connectivity index (χ0v) is 29.8. The highest BCUT2D eigenvalue weighted by atomic mass is 35.5. The second-order valence-electron chi connectivity index (χ2n) is 14.0. The molecule has 0 amide bonds. The van der Waals surface area contributed by atoms with E-state index in [-0.39, 0.29) is 30.3 Å². The molecular weight excluding hydrogens is 636 g/mol. The minimum atomic E-state index is -1.23. The number of fused-ring (bicyclic) bond motifs is 1. The topological polar surface area (TPSA) is 74.9 Å². The van der Waals surface area contributed by atoms with E-state index in [0.717, 1.165) is 23.9 Å². The number of nitrogens with zero attached hydrogens (tertiary/aromatic N) is 3. The zero-order valence-electron chi connectivity index (χ0n) is 27.3. The molecule has 0 bridgehead atoms. The van der Waals surface area contributed by atoms with Gasteiger partial charge in [0.15, 0.2) is 17.4 Å². The van der Waals surface area contributed by atoms with Crippen LogP contribution in [0.2, 0.25) is 30.7 Å². The van der Waals surface area contributed by atoms with Gasteiger partial charge in [-0.3, -0.25) is 9.79 Å². The number of ether oxygens (including phenoxy) is 3. The number of benzene rings is 1. The van der Waals surface area contributed by atoms with Crippen LogP contribution in [-0.4, -0.2) is 53.6 Å². The van der Waals surface area contributed by atoms with Crippen LogP contribution >= 0.6 is 23.4 Å². The van der Waals surface area contributed by atoms with Crippen molar-refractivity contribution < 1.29 is 27.8 Å². The van der Waals surface area contributed by atoms with E-state index < -0.39 is 31.1 Å². The maximum atomic E-state index is 15.3. The second kappa shape index (κ2) is 14.5. The number of aromatic nitrogens is 2. The van der Waals surface area contributed by atoms with Crippen molar-refractivity contribution in [1.82, 2.24) is 9.55 Å². The molecule has 2 heterocycles. The Kier molecular flexibility index (Phi) is 11.4. The molecule has 1 saturated carbocycles. The average molecular weight is 680 g/mol. The molecule has 1 aliphatic carbocycles. The third-order valence-electron chi connectivity index (χ3n) is 7.59. The van der Waals surface area contributed by atoms with Crippen molar-refractivity contribution >= 4 is 53.5 Å². The number of carbonyl (C=O) groups excluding carboxylic acids is 1. The Balaban J connectivity index is 1.42. The summed E-state index contributed by atoms with van der Waals surface area (Å²) in [6.07, 6.45) is 8.43. The number of hydrogen-bond acceptors (Lipinski definition) is 7. The molecule has 0 spiro atoms. The van der Waals surface area contributed by atoms with E-state index in [1.807, 2.05) is 27.0 Å². The van der Waals surface area contributed by atoms with Gasteiger partial charge >= 0.3 is 5.97 Å². The van der Waals surface area contributed by atoms with Crippen molar-refractivity contribution in [3.63, 3.8) is 0 Å². The van der Waals surface area contributed by atoms with Gasteiger partial charge in [-0.2, -0.15) is 0 Å². The lowest BCUT2D eigenvalue weighted by molar-refractivity contribution is -0.155. The normalized spacial score (nSPS) is 15.0. The summed E-state index contributed by atoms with van der Waals surface area (Å²) in [6, 6.07) is 5.11. The number of thioether (sulfide) groups is 1. The van der Waals surface area contributed by atoms with Crippen LogP contribution in [0.1, 0.15) is 52.0 Å². The van der Waals surface area contributed by atoms with Crippen molar-refractivity contribution in [3.05, 3.63) is 52.8 Å². The fourth-order valence-corrected chi connectivity index (χ4v) is 6.39. The van der Waals surface area contributed by atoms with Gasteiger partial charge < -0.3 is 18.8 Å². The highest BCUT2D eigenvalue weighted by molar-refractivity contribution is 8.13. The lowest BCUT2D eigenvalue weighted by Crippen LogP contribution is -2.24. The molecule has 0 N–H and O–H groups in total. The molecule has 12 heteroatoms. The number of carbonyl (C=O) groups is 1. The van der Waals surface area contributed by atoms with Crippen LogP contribution in [0.15, 0.2) is 35.6 Å². The van der Waals surface area contributed by atoms with E-state index in [9.17, 15) is 4.79 Å². The third kappa shape index (κ3) is 10.3. The fourth-order valence-electron chi connectivity index (χ4n) is 4.83. The molecule has 4 rings (SSSR count). The Labute approximate surface area is 275 Å². The highest BCUT2D eigenvalue weighted by Crippen LogP contribution is 2.50. The number of aliphatic imine (C=N–C) groups is 1. The van der Waals surface area contributed by atoms with Gasteiger partial charge in [0, 0.05) is 46.5 Å². The molecular formula is C33H44ClF2N3O4SSi. The van der Waals surface area contributed by atoms with Gasteiger partial charge in [-0.1, -0.05) is 31.2 Å². The second-order valence-corrected chi connectivity index (χ2v) is 20.9. The minimum Gasteiger partial charge on any atom is -0.460 e. The molecule has 246 valence electrons. The predicted molar refractivity (Wildman–Crippen MR) is 182 cm³/mol. The molecule has 0 unspecified atom stereocenters. The van der Waals surface area contributed by atoms with Crippen LogP contribution in [0.3, 0.4) is 0 Å². The van der Waals surface area contributed by atoms with E-state index in [1.165, 1.54) is 36.2 Å². The number of rotatable bonds is 14. The van der Waals surface area contributed by atoms with E-state index >= 15 is 8.78 Å². The highest BCUT2D eigenvalue weighted by Gasteiger charge is 2.42. The van der Waals surface area contributed by atoms with Crippen molar-refractivity contribution in [3.8, 4) is 11.5 Å². The van der Waals surface area contributed by atoms with Gasteiger partial charge in [0.1, 0.15) is 23.7 Å². The van der Waals surface area contributed by atoms with Gasteiger partial charge in [0.2, 0.25) is 0 Å². The van der Waals surface area contributed by atoms with Crippen molar-refractivity contribution in [2.75, 3.05) is 19.4 Å². The molecule has 1 fully saturated rings. The van der Waals surface area contributed by atoms with Crippen LogP contribution in [0, 0.1) is 17.0 Å². The first-order valence-corrected chi connectivity index (χ1v) is 20.6. The Morgan fingerprint density at radius 2 is 1.89 bits per heavy atom. The summed E-state index contributed by atoms with van der Waals surface area (Å²) in [5.74, 6) is -2.16. The Morgan fingerprint density at radius 3 is 2.49 bits per heavy atom. The lowest BCUT2D eigenvalue weighted by atomic mass is 10.0. The largest absolute Gasteiger partial charge is 0.460 e. The van der Waals surface area contributed by atoms with Crippen molar-refractivity contribution in [2.45, 2.75) is 90.9 Å². The molecule has 0 atom stereocenters. The molecule has 0 aliphatic heterocycles. The maximum Gasteiger partial charge on any atom is 0.306 e. The van der Waals surface area contributed by atoms with E-state index in [1.54, 1.807) is 10.8 Å². The Hall–Kier alpha value is -2.47. The van der Waals surface area contributed by atoms with Crippen LogP contribution in [0.25, 0.3) is 11.0 Å². The van der Waals surface area contributed by atoms with Gasteiger partial charge in [0.25, 0.3) is 0 Å². The van der Waals surface area contributed by atoms with Crippen LogP contribution in [0.5, 0.6) is 11.5 Å². The van der Waals surface area contributed by atoms with Gasteiger partial charge in [-0.15, -0.1) is 11.8 Å². The molecule has 7 nitrogen and oxygen atoms in total. The molecule has 3 aromatic rings. The molecule has 45 heavy (non-hydrogen) atoms. The van der Waals surface area contributed by atoms with Gasteiger partial charge in [-0.05, 0) is 81.5 Å². The van der Waals surface area contributed by atoms with E-state index in [0.29, 0.717) is 47.6 Å². The number of esters is 1. The number of halogens is 3.